The lowest BCUT2D eigenvalue weighted by Gasteiger charge is -2.16. The molecule has 1 aliphatic carbocycles. The number of nitrogens with one attached hydrogen (secondary N) is 2. The second-order valence-corrected chi connectivity index (χ2v) is 7.28. The summed E-state index contributed by atoms with van der Waals surface area (Å²) in [6.45, 7) is 2.27. The van der Waals surface area contributed by atoms with Crippen LogP contribution in [0.3, 0.4) is 0 Å². The van der Waals surface area contributed by atoms with Crippen molar-refractivity contribution in [2.45, 2.75) is 25.9 Å². The standard InChI is InChI=1S/C19H22N2O3S/c1-12-10-16(21-18(22)14-8-9-14)25-17(12)19(23)20-11-15(24-2)13-6-4-3-5-7-13/h3-7,10,14-15H,8-9,11H2,1-2H3,(H,20,23)(H,21,22). The second-order valence-electron chi connectivity index (χ2n) is 6.23. The molecule has 0 bridgehead atoms. The Labute approximate surface area is 151 Å². The summed E-state index contributed by atoms with van der Waals surface area (Å²) in [4.78, 5) is 25.0. The van der Waals surface area contributed by atoms with Crippen LogP contribution in [0.2, 0.25) is 0 Å². The number of hydrogen-bond donors (Lipinski definition) is 2. The van der Waals surface area contributed by atoms with Crippen LogP contribution in [-0.4, -0.2) is 25.5 Å². The third-order valence-corrected chi connectivity index (χ3v) is 5.37. The fourth-order valence-corrected chi connectivity index (χ4v) is 3.60. The molecule has 1 unspecified atom stereocenters. The highest BCUT2D eigenvalue weighted by Gasteiger charge is 2.30. The van der Waals surface area contributed by atoms with E-state index in [9.17, 15) is 9.59 Å². The maximum absolute atomic E-state index is 12.5. The Kier molecular flexibility index (Phi) is 5.50. The molecule has 1 atom stereocenters. The fraction of sp³-hybridized carbons (Fsp3) is 0.368. The number of carbonyl (C=O) groups is 2. The third kappa shape index (κ3) is 4.46. The molecule has 3 rings (SSSR count). The Bertz CT molecular complexity index is 753. The number of amides is 2. The molecule has 2 aromatic rings. The Balaban J connectivity index is 1.60. The van der Waals surface area contributed by atoms with Gasteiger partial charge in [0.15, 0.2) is 0 Å². The normalized spacial score (nSPS) is 14.8. The van der Waals surface area contributed by atoms with Gasteiger partial charge in [0.25, 0.3) is 5.91 Å². The molecule has 1 aromatic carbocycles. The second kappa shape index (κ2) is 7.80. The number of ether oxygens (including phenoxy) is 1. The molecule has 2 amide bonds. The number of rotatable bonds is 7. The van der Waals surface area contributed by atoms with Gasteiger partial charge >= 0.3 is 0 Å². The first-order chi connectivity index (χ1) is 12.1. The highest BCUT2D eigenvalue weighted by atomic mass is 32.1. The topological polar surface area (TPSA) is 67.4 Å². The van der Waals surface area contributed by atoms with E-state index in [-0.39, 0.29) is 23.8 Å². The van der Waals surface area contributed by atoms with Gasteiger partial charge < -0.3 is 15.4 Å². The number of thiophene rings is 1. The van der Waals surface area contributed by atoms with E-state index in [1.807, 2.05) is 43.3 Å². The number of aryl methyl sites for hydroxylation is 1. The van der Waals surface area contributed by atoms with Gasteiger partial charge in [-0.05, 0) is 37.0 Å². The van der Waals surface area contributed by atoms with Crippen LogP contribution in [0.4, 0.5) is 5.00 Å². The quantitative estimate of drug-likeness (QED) is 0.796. The van der Waals surface area contributed by atoms with Gasteiger partial charge in [0, 0.05) is 19.6 Å². The van der Waals surface area contributed by atoms with Crippen LogP contribution in [0.5, 0.6) is 0 Å². The molecule has 0 aliphatic heterocycles. The smallest absolute Gasteiger partial charge is 0.261 e. The minimum absolute atomic E-state index is 0.0525. The molecule has 0 saturated heterocycles. The van der Waals surface area contributed by atoms with Crippen LogP contribution < -0.4 is 10.6 Å². The summed E-state index contributed by atoms with van der Waals surface area (Å²) in [7, 11) is 1.63. The SMILES string of the molecule is COC(CNC(=O)c1sc(NC(=O)C2CC2)cc1C)c1ccccc1. The largest absolute Gasteiger partial charge is 0.375 e. The predicted octanol–water partition coefficient (Wildman–Crippen LogP) is 3.52. The molecule has 0 radical (unpaired) electrons. The number of carbonyl (C=O) groups excluding carboxylic acids is 2. The van der Waals surface area contributed by atoms with Crippen molar-refractivity contribution >= 4 is 28.2 Å². The van der Waals surface area contributed by atoms with Crippen molar-refractivity contribution in [3.8, 4) is 0 Å². The molecule has 5 nitrogen and oxygen atoms in total. The molecule has 132 valence electrons. The van der Waals surface area contributed by atoms with Gasteiger partial charge in [-0.1, -0.05) is 30.3 Å². The number of benzene rings is 1. The monoisotopic (exact) mass is 358 g/mol. The summed E-state index contributed by atoms with van der Waals surface area (Å²) in [5.74, 6) is 0.0529. The van der Waals surface area contributed by atoms with Crippen molar-refractivity contribution in [2.75, 3.05) is 19.0 Å². The summed E-state index contributed by atoms with van der Waals surface area (Å²) in [5, 5.41) is 6.55. The Morgan fingerprint density at radius 3 is 2.64 bits per heavy atom. The average molecular weight is 358 g/mol. The first-order valence-electron chi connectivity index (χ1n) is 8.35. The lowest BCUT2D eigenvalue weighted by Crippen LogP contribution is -2.29. The lowest BCUT2D eigenvalue weighted by atomic mass is 10.1. The van der Waals surface area contributed by atoms with Gasteiger partial charge in [-0.15, -0.1) is 11.3 Å². The van der Waals surface area contributed by atoms with E-state index in [2.05, 4.69) is 10.6 Å². The van der Waals surface area contributed by atoms with E-state index >= 15 is 0 Å². The maximum Gasteiger partial charge on any atom is 0.261 e. The van der Waals surface area contributed by atoms with E-state index in [0.29, 0.717) is 11.4 Å². The van der Waals surface area contributed by atoms with Crippen LogP contribution in [-0.2, 0) is 9.53 Å². The van der Waals surface area contributed by atoms with Crippen molar-refractivity contribution in [2.24, 2.45) is 5.92 Å². The van der Waals surface area contributed by atoms with E-state index in [1.165, 1.54) is 11.3 Å². The summed E-state index contributed by atoms with van der Waals surface area (Å²) in [6.07, 6.45) is 1.72. The zero-order valence-electron chi connectivity index (χ0n) is 14.4. The number of methoxy groups -OCH3 is 1. The van der Waals surface area contributed by atoms with Gasteiger partial charge in [0.05, 0.1) is 16.0 Å². The van der Waals surface area contributed by atoms with E-state index in [0.717, 1.165) is 29.0 Å². The Morgan fingerprint density at radius 2 is 2.00 bits per heavy atom. The summed E-state index contributed by atoms with van der Waals surface area (Å²) in [5.41, 5.74) is 1.88. The van der Waals surface area contributed by atoms with Gasteiger partial charge in [0.2, 0.25) is 5.91 Å². The first kappa shape index (κ1) is 17.6. The van der Waals surface area contributed by atoms with E-state index in [4.69, 9.17) is 4.74 Å². The zero-order valence-corrected chi connectivity index (χ0v) is 15.2. The highest BCUT2D eigenvalue weighted by molar-refractivity contribution is 7.18. The lowest BCUT2D eigenvalue weighted by molar-refractivity contribution is -0.117. The predicted molar refractivity (Wildman–Crippen MR) is 98.9 cm³/mol. The number of anilines is 1. The molecular formula is C19H22N2O3S. The van der Waals surface area contributed by atoms with Crippen LogP contribution in [0.1, 0.15) is 39.7 Å². The Hall–Kier alpha value is -2.18. The van der Waals surface area contributed by atoms with Gasteiger partial charge in [-0.3, -0.25) is 9.59 Å². The maximum atomic E-state index is 12.5. The van der Waals surface area contributed by atoms with Gasteiger partial charge in [-0.25, -0.2) is 0 Å². The van der Waals surface area contributed by atoms with Gasteiger partial charge in [-0.2, -0.15) is 0 Å². The van der Waals surface area contributed by atoms with E-state index in [1.54, 1.807) is 7.11 Å². The highest BCUT2D eigenvalue weighted by Crippen LogP contribution is 2.32. The minimum atomic E-state index is -0.195. The molecular weight excluding hydrogens is 336 g/mol. The molecule has 1 saturated carbocycles. The van der Waals surface area contributed by atoms with Crippen molar-refractivity contribution in [1.29, 1.82) is 0 Å². The van der Waals surface area contributed by atoms with Crippen LogP contribution >= 0.6 is 11.3 Å². The van der Waals surface area contributed by atoms with Crippen molar-refractivity contribution in [1.82, 2.24) is 5.32 Å². The third-order valence-electron chi connectivity index (χ3n) is 4.22. The molecule has 6 heteroatoms. The number of hydrogen-bond acceptors (Lipinski definition) is 4. The fourth-order valence-electron chi connectivity index (χ4n) is 2.61. The summed E-state index contributed by atoms with van der Waals surface area (Å²) in [6, 6.07) is 11.6. The molecule has 2 N–H and O–H groups in total. The molecule has 1 heterocycles. The van der Waals surface area contributed by atoms with Crippen LogP contribution in [0.25, 0.3) is 0 Å². The van der Waals surface area contributed by atoms with Gasteiger partial charge in [0.1, 0.15) is 0 Å². The summed E-state index contributed by atoms with van der Waals surface area (Å²) < 4.78 is 5.48. The first-order valence-corrected chi connectivity index (χ1v) is 9.17. The minimum Gasteiger partial charge on any atom is -0.375 e. The van der Waals surface area contributed by atoms with Crippen LogP contribution in [0.15, 0.2) is 36.4 Å². The molecule has 1 aliphatic rings. The zero-order chi connectivity index (χ0) is 17.8. The summed E-state index contributed by atoms with van der Waals surface area (Å²) >= 11 is 1.31. The van der Waals surface area contributed by atoms with Crippen molar-refractivity contribution in [3.63, 3.8) is 0 Å². The van der Waals surface area contributed by atoms with E-state index < -0.39 is 0 Å². The van der Waals surface area contributed by atoms with Crippen molar-refractivity contribution < 1.29 is 14.3 Å². The molecule has 25 heavy (non-hydrogen) atoms. The van der Waals surface area contributed by atoms with Crippen molar-refractivity contribution in [3.05, 3.63) is 52.4 Å². The molecule has 1 aromatic heterocycles. The van der Waals surface area contributed by atoms with Crippen LogP contribution in [0, 0.1) is 12.8 Å². The average Bonchev–Trinajstić information content (AvgIpc) is 3.40. The molecule has 1 fully saturated rings. The molecule has 0 spiro atoms. The Morgan fingerprint density at radius 1 is 1.28 bits per heavy atom.